The number of hydrogen-bond acceptors (Lipinski definition) is 9. The van der Waals surface area contributed by atoms with E-state index in [9.17, 15) is 39.6 Å². The molecule has 7 atom stereocenters. The molecule has 27 heavy (non-hydrogen) atoms. The molecule has 1 fully saturated rings. The SMILES string of the molecule is C[C@@H](O)[C@H](N)C(=O)N[C@H](C(=O)O)[C@H]1O[C@@H](n2ccc(=O)[nH]c2=O)[C@H](O)[C@@H]1O. The second-order valence-electron chi connectivity index (χ2n) is 6.08. The zero-order chi connectivity index (χ0) is 20.5. The van der Waals surface area contributed by atoms with Crippen LogP contribution in [-0.4, -0.2) is 78.4 Å². The standard InChI is InChI=1S/C14H20N4O9/c1-4(19)6(15)11(23)17-7(13(24)25)10-8(21)9(22)12(27-10)18-3-2-5(20)16-14(18)26/h2-4,6-10,12,19,21-22H,15H2,1H3,(H,17,23)(H,24,25)(H,16,20,26)/t4-,6+,7+,8+,9-,10-,12-/m1/s1. The molecule has 1 amide bonds. The Morgan fingerprint density at radius 1 is 1.33 bits per heavy atom. The Labute approximate surface area is 151 Å². The number of hydrogen-bond donors (Lipinski definition) is 7. The van der Waals surface area contributed by atoms with Crippen molar-refractivity contribution in [1.82, 2.24) is 14.9 Å². The van der Waals surface area contributed by atoms with Gasteiger partial charge < -0.3 is 36.2 Å². The maximum absolute atomic E-state index is 11.9. The molecule has 1 aromatic heterocycles. The highest BCUT2D eigenvalue weighted by Crippen LogP contribution is 2.30. The fourth-order valence-electron chi connectivity index (χ4n) is 2.57. The number of aromatic nitrogens is 2. The van der Waals surface area contributed by atoms with Crippen LogP contribution in [0.1, 0.15) is 13.2 Å². The molecule has 2 rings (SSSR count). The normalized spacial score (nSPS) is 28.3. The number of aliphatic hydroxyl groups is 3. The van der Waals surface area contributed by atoms with Gasteiger partial charge in [0.25, 0.3) is 5.56 Å². The van der Waals surface area contributed by atoms with Gasteiger partial charge in [0.2, 0.25) is 5.91 Å². The number of aromatic amines is 1. The van der Waals surface area contributed by atoms with Crippen molar-refractivity contribution < 1.29 is 34.8 Å². The van der Waals surface area contributed by atoms with E-state index < -0.39 is 65.9 Å². The number of carboxylic acids is 1. The summed E-state index contributed by atoms with van der Waals surface area (Å²) < 4.78 is 6.06. The van der Waals surface area contributed by atoms with Crippen molar-refractivity contribution in [3.8, 4) is 0 Å². The molecule has 0 unspecified atom stereocenters. The van der Waals surface area contributed by atoms with Crippen LogP contribution in [0.2, 0.25) is 0 Å². The van der Waals surface area contributed by atoms with Gasteiger partial charge >= 0.3 is 11.7 Å². The third kappa shape index (κ3) is 4.23. The molecule has 13 nitrogen and oxygen atoms in total. The van der Waals surface area contributed by atoms with Crippen molar-refractivity contribution in [3.63, 3.8) is 0 Å². The molecule has 0 spiro atoms. The average Bonchev–Trinajstić information content (AvgIpc) is 2.87. The third-order valence-electron chi connectivity index (χ3n) is 4.12. The third-order valence-corrected chi connectivity index (χ3v) is 4.12. The number of amides is 1. The summed E-state index contributed by atoms with van der Waals surface area (Å²) in [6, 6.07) is -2.31. The Morgan fingerprint density at radius 3 is 2.48 bits per heavy atom. The lowest BCUT2D eigenvalue weighted by Gasteiger charge is -2.25. The number of ether oxygens (including phenoxy) is 1. The van der Waals surface area contributed by atoms with Gasteiger partial charge in [-0.1, -0.05) is 0 Å². The van der Waals surface area contributed by atoms with Crippen LogP contribution in [0.5, 0.6) is 0 Å². The first kappa shape index (κ1) is 20.7. The van der Waals surface area contributed by atoms with Crippen molar-refractivity contribution in [2.75, 3.05) is 0 Å². The summed E-state index contributed by atoms with van der Waals surface area (Å²) in [6.45, 7) is 1.23. The van der Waals surface area contributed by atoms with Gasteiger partial charge in [0.15, 0.2) is 12.3 Å². The number of nitrogens with one attached hydrogen (secondary N) is 2. The summed E-state index contributed by atoms with van der Waals surface area (Å²) >= 11 is 0. The maximum Gasteiger partial charge on any atom is 0.330 e. The summed E-state index contributed by atoms with van der Waals surface area (Å²) in [6.07, 6.45) is -6.96. The molecule has 150 valence electrons. The highest BCUT2D eigenvalue weighted by atomic mass is 16.6. The first-order chi connectivity index (χ1) is 12.5. The Balaban J connectivity index is 2.27. The van der Waals surface area contributed by atoms with E-state index >= 15 is 0 Å². The summed E-state index contributed by atoms with van der Waals surface area (Å²) in [5.41, 5.74) is 3.78. The number of H-pyrrole nitrogens is 1. The highest BCUT2D eigenvalue weighted by Gasteiger charge is 2.50. The van der Waals surface area contributed by atoms with Crippen molar-refractivity contribution in [1.29, 1.82) is 0 Å². The van der Waals surface area contributed by atoms with E-state index in [1.807, 2.05) is 10.3 Å². The summed E-state index contributed by atoms with van der Waals surface area (Å²) in [4.78, 5) is 48.3. The summed E-state index contributed by atoms with van der Waals surface area (Å²) in [7, 11) is 0. The molecule has 13 heteroatoms. The Bertz CT molecular complexity index is 819. The predicted octanol–water partition coefficient (Wildman–Crippen LogP) is -4.57. The zero-order valence-electron chi connectivity index (χ0n) is 14.1. The van der Waals surface area contributed by atoms with E-state index in [1.165, 1.54) is 6.92 Å². The minimum Gasteiger partial charge on any atom is -0.480 e. The molecule has 0 saturated carbocycles. The Kier molecular flexibility index (Phi) is 6.12. The number of carbonyl (C=O) groups is 2. The minimum absolute atomic E-state index is 0.705. The van der Waals surface area contributed by atoms with Crippen LogP contribution in [0.3, 0.4) is 0 Å². The second kappa shape index (κ2) is 7.98. The van der Waals surface area contributed by atoms with Gasteiger partial charge in [0.05, 0.1) is 6.10 Å². The summed E-state index contributed by atoms with van der Waals surface area (Å²) in [5.74, 6) is -2.63. The number of carbonyl (C=O) groups excluding carboxylic acids is 1. The van der Waals surface area contributed by atoms with E-state index in [-0.39, 0.29) is 0 Å². The van der Waals surface area contributed by atoms with Crippen molar-refractivity contribution >= 4 is 11.9 Å². The smallest absolute Gasteiger partial charge is 0.330 e. The van der Waals surface area contributed by atoms with Gasteiger partial charge in [0.1, 0.15) is 24.4 Å². The van der Waals surface area contributed by atoms with Gasteiger partial charge in [-0.3, -0.25) is 19.1 Å². The minimum atomic E-state index is -1.84. The summed E-state index contributed by atoms with van der Waals surface area (Å²) in [5, 5.41) is 41.0. The molecule has 1 aromatic rings. The van der Waals surface area contributed by atoms with Crippen LogP contribution < -0.4 is 22.3 Å². The predicted molar refractivity (Wildman–Crippen MR) is 86.5 cm³/mol. The number of aliphatic carboxylic acids is 1. The van der Waals surface area contributed by atoms with Crippen LogP contribution >= 0.6 is 0 Å². The molecular weight excluding hydrogens is 368 g/mol. The van der Waals surface area contributed by atoms with E-state index in [4.69, 9.17) is 10.5 Å². The molecule has 1 aliphatic heterocycles. The van der Waals surface area contributed by atoms with Gasteiger partial charge in [-0.05, 0) is 6.92 Å². The highest BCUT2D eigenvalue weighted by molar-refractivity contribution is 5.87. The van der Waals surface area contributed by atoms with Crippen molar-refractivity contribution in [2.24, 2.45) is 5.73 Å². The largest absolute Gasteiger partial charge is 0.480 e. The quantitative estimate of drug-likeness (QED) is 0.247. The Hall–Kier alpha value is -2.58. The topological polar surface area (TPSA) is 217 Å². The van der Waals surface area contributed by atoms with E-state index in [0.717, 1.165) is 16.8 Å². The first-order valence-corrected chi connectivity index (χ1v) is 7.84. The molecule has 0 radical (unpaired) electrons. The molecule has 0 aliphatic carbocycles. The number of nitrogens with two attached hydrogens (primary N) is 1. The number of aliphatic hydroxyl groups excluding tert-OH is 3. The average molecular weight is 388 g/mol. The van der Waals surface area contributed by atoms with Crippen molar-refractivity contribution in [3.05, 3.63) is 33.1 Å². The molecule has 1 saturated heterocycles. The lowest BCUT2D eigenvalue weighted by atomic mass is 10.0. The van der Waals surface area contributed by atoms with Crippen LogP contribution in [0, 0.1) is 0 Å². The van der Waals surface area contributed by atoms with Gasteiger partial charge in [-0.15, -0.1) is 0 Å². The first-order valence-electron chi connectivity index (χ1n) is 7.84. The van der Waals surface area contributed by atoms with Crippen LogP contribution in [-0.2, 0) is 14.3 Å². The zero-order valence-corrected chi connectivity index (χ0v) is 14.1. The number of nitrogens with zero attached hydrogens (tertiary/aromatic N) is 1. The van der Waals surface area contributed by atoms with Crippen LogP contribution in [0.25, 0.3) is 0 Å². The monoisotopic (exact) mass is 388 g/mol. The molecule has 8 N–H and O–H groups in total. The molecular formula is C14H20N4O9. The second-order valence-corrected chi connectivity index (χ2v) is 6.08. The molecule has 2 heterocycles. The van der Waals surface area contributed by atoms with Crippen LogP contribution in [0.4, 0.5) is 0 Å². The van der Waals surface area contributed by atoms with E-state index in [0.29, 0.717) is 0 Å². The van der Waals surface area contributed by atoms with E-state index in [1.54, 1.807) is 0 Å². The van der Waals surface area contributed by atoms with Gasteiger partial charge in [-0.25, -0.2) is 9.59 Å². The fraction of sp³-hybridized carbons (Fsp3) is 0.571. The molecule has 0 aromatic carbocycles. The van der Waals surface area contributed by atoms with Gasteiger partial charge in [0, 0.05) is 12.3 Å². The fourth-order valence-corrected chi connectivity index (χ4v) is 2.57. The van der Waals surface area contributed by atoms with Crippen LogP contribution in [0.15, 0.2) is 21.9 Å². The number of carboxylic acid groups (broad SMARTS) is 1. The molecule has 0 bridgehead atoms. The lowest BCUT2D eigenvalue weighted by molar-refractivity contribution is -0.149. The maximum atomic E-state index is 11.9. The van der Waals surface area contributed by atoms with Gasteiger partial charge in [-0.2, -0.15) is 0 Å². The Morgan fingerprint density at radius 2 is 1.96 bits per heavy atom. The lowest BCUT2D eigenvalue weighted by Crippen LogP contribution is -2.58. The number of rotatable bonds is 6. The molecule has 1 aliphatic rings. The van der Waals surface area contributed by atoms with Crippen molar-refractivity contribution in [2.45, 2.75) is 49.7 Å². The van der Waals surface area contributed by atoms with E-state index in [2.05, 4.69) is 0 Å².